The van der Waals surface area contributed by atoms with Crippen LogP contribution in [0.5, 0.6) is 0 Å². The maximum absolute atomic E-state index is 12.3. The number of aliphatic hydroxyl groups excluding tert-OH is 1. The van der Waals surface area contributed by atoms with E-state index in [1.165, 1.54) is 6.92 Å². The van der Waals surface area contributed by atoms with Crippen LogP contribution in [0, 0.1) is 5.92 Å². The van der Waals surface area contributed by atoms with E-state index in [0.29, 0.717) is 69.8 Å². The number of fused-ring (bicyclic) bond motifs is 10. The predicted octanol–water partition coefficient (Wildman–Crippen LogP) is 5.06. The van der Waals surface area contributed by atoms with Crippen molar-refractivity contribution in [3.05, 3.63) is 49.1 Å². The van der Waals surface area contributed by atoms with E-state index in [1.807, 2.05) is 6.92 Å². The maximum atomic E-state index is 12.3. The van der Waals surface area contributed by atoms with Crippen molar-refractivity contribution in [2.45, 2.75) is 282 Å². The third-order valence-electron chi connectivity index (χ3n) is 19.6. The van der Waals surface area contributed by atoms with Gasteiger partial charge in [0.2, 0.25) is 0 Å². The fraction of sp³-hybridized carbons (Fsp3) is 0.855. The summed E-state index contributed by atoms with van der Waals surface area (Å²) in [6.45, 7) is 23.2. The first-order valence-corrected chi connectivity index (χ1v) is 30.9. The molecule has 11 heterocycles. The van der Waals surface area contributed by atoms with E-state index >= 15 is 0 Å². The Morgan fingerprint density at radius 3 is 1.91 bits per heavy atom. The van der Waals surface area contributed by atoms with Crippen LogP contribution in [0.2, 0.25) is 0 Å². The van der Waals surface area contributed by atoms with Gasteiger partial charge in [-0.05, 0) is 84.6 Å². The second-order valence-corrected chi connectivity index (χ2v) is 27.7. The molecule has 0 amide bonds. The van der Waals surface area contributed by atoms with Gasteiger partial charge in [0.15, 0.2) is 0 Å². The molecule has 0 aromatic carbocycles. The van der Waals surface area contributed by atoms with Crippen molar-refractivity contribution in [3.8, 4) is 0 Å². The summed E-state index contributed by atoms with van der Waals surface area (Å²) >= 11 is 0. The van der Waals surface area contributed by atoms with E-state index in [9.17, 15) is 31.6 Å². The average Bonchev–Trinajstić information content (AvgIpc) is 3.48. The summed E-state index contributed by atoms with van der Waals surface area (Å²) in [5.74, 6) is 0.0665. The molecule has 0 aliphatic carbocycles. The molecule has 0 saturated carbocycles. The Kier molecular flexibility index (Phi) is 15.6. The molecular formula is C55H82O21S2. The first-order valence-electron chi connectivity index (χ1n) is 28.2. The van der Waals surface area contributed by atoms with Crippen molar-refractivity contribution in [2.24, 2.45) is 5.92 Å². The van der Waals surface area contributed by atoms with Gasteiger partial charge in [0.25, 0.3) is 0 Å². The lowest BCUT2D eigenvalue weighted by Crippen LogP contribution is -2.74. The van der Waals surface area contributed by atoms with Crippen LogP contribution in [0.4, 0.5) is 0 Å². The van der Waals surface area contributed by atoms with Crippen molar-refractivity contribution in [3.63, 3.8) is 0 Å². The molecule has 0 unspecified atom stereocenters. The highest BCUT2D eigenvalue weighted by atomic mass is 32.3. The molecule has 11 fully saturated rings. The Hall–Kier alpha value is -1.82. The minimum Gasteiger partial charge on any atom is -0.387 e. The molecule has 21 nitrogen and oxygen atoms in total. The fourth-order valence-corrected chi connectivity index (χ4v) is 16.2. The highest BCUT2D eigenvalue weighted by molar-refractivity contribution is 7.81. The molecule has 0 aromatic rings. The number of rotatable bonds is 11. The van der Waals surface area contributed by atoms with Crippen LogP contribution < -0.4 is 0 Å². The van der Waals surface area contributed by atoms with Crippen LogP contribution in [-0.4, -0.2) is 193 Å². The SMILES string of the molecule is C=CCC(=C)/C=C/[C@@](C)(O)[C@H]1O[C@@H]2C[C@@H]3O[C@@H]4C[C@@H]5O[C@@H]6C[C@@H]7O[C@@H]8C[C@H]9O[C@@H]%10C[C@@H]%11O[C@](C)(CCOS(=O)(=O)O)[C@@H](OS(=O)(=O)O)C[C@H]%11O[C@H]%10C[C@H]9O[C@H]8CC[C@@]7(C)O[C@@]6(C)CC[C@@H](C)[C@H]5O[C@@H]4[C@@H](O)[C@]3(C)O[C@H]2CC1=C. The Morgan fingerprint density at radius 1 is 0.692 bits per heavy atom. The highest BCUT2D eigenvalue weighted by Crippen LogP contribution is 2.54. The van der Waals surface area contributed by atoms with Crippen LogP contribution in [0.1, 0.15) is 131 Å². The fourth-order valence-electron chi connectivity index (χ4n) is 15.3. The molecule has 0 radical (unpaired) electrons. The Bertz CT molecular complexity index is 2540. The van der Waals surface area contributed by atoms with Gasteiger partial charge in [0.1, 0.15) is 35.6 Å². The topological polar surface area (TPSA) is 269 Å². The zero-order valence-electron chi connectivity index (χ0n) is 45.6. The minimum atomic E-state index is -4.95. The maximum Gasteiger partial charge on any atom is 0.397 e. The van der Waals surface area contributed by atoms with Crippen LogP contribution in [0.15, 0.2) is 49.1 Å². The second kappa shape index (κ2) is 21.1. The van der Waals surface area contributed by atoms with Gasteiger partial charge >= 0.3 is 20.8 Å². The molecule has 0 bridgehead atoms. The summed E-state index contributed by atoms with van der Waals surface area (Å²) in [6.07, 6.45) is 1.75. The van der Waals surface area contributed by atoms with Crippen LogP contribution in [0.25, 0.3) is 0 Å². The summed E-state index contributed by atoms with van der Waals surface area (Å²) in [4.78, 5) is 0. The summed E-state index contributed by atoms with van der Waals surface area (Å²) in [7, 11) is -9.74. The summed E-state index contributed by atoms with van der Waals surface area (Å²) in [5.41, 5.74) is -3.71. The largest absolute Gasteiger partial charge is 0.397 e. The average molecular weight is 1140 g/mol. The van der Waals surface area contributed by atoms with E-state index in [0.717, 1.165) is 18.4 Å². The van der Waals surface area contributed by atoms with Gasteiger partial charge in [-0.1, -0.05) is 43.9 Å². The van der Waals surface area contributed by atoms with E-state index in [-0.39, 0.29) is 67.6 Å². The minimum absolute atomic E-state index is 0.00240. The number of hydrogen-bond donors (Lipinski definition) is 4. The molecule has 11 aliphatic rings. The number of allylic oxidation sites excluding steroid dienone is 3. The van der Waals surface area contributed by atoms with Gasteiger partial charge in [0, 0.05) is 51.4 Å². The molecule has 26 atom stereocenters. The third-order valence-corrected chi connectivity index (χ3v) is 20.6. The van der Waals surface area contributed by atoms with Crippen LogP contribution >= 0.6 is 0 Å². The molecule has 440 valence electrons. The lowest BCUT2D eigenvalue weighted by atomic mass is 9.73. The normalized spacial score (nSPS) is 51.0. The number of ether oxygens (including phenoxy) is 11. The quantitative estimate of drug-likeness (QED) is 0.120. The molecule has 11 aliphatic heterocycles. The van der Waals surface area contributed by atoms with Gasteiger partial charge in [0.05, 0.1) is 121 Å². The Morgan fingerprint density at radius 2 is 1.26 bits per heavy atom. The molecule has 78 heavy (non-hydrogen) atoms. The van der Waals surface area contributed by atoms with Gasteiger partial charge in [-0.3, -0.25) is 9.11 Å². The molecule has 23 heteroatoms. The summed E-state index contributed by atoms with van der Waals surface area (Å²) in [6, 6.07) is 0. The lowest BCUT2D eigenvalue weighted by Gasteiger charge is -2.61. The lowest BCUT2D eigenvalue weighted by molar-refractivity contribution is -0.369. The first-order chi connectivity index (χ1) is 36.5. The van der Waals surface area contributed by atoms with Gasteiger partial charge < -0.3 is 62.3 Å². The predicted molar refractivity (Wildman–Crippen MR) is 276 cm³/mol. The molecule has 11 rings (SSSR count). The van der Waals surface area contributed by atoms with E-state index in [4.69, 9.17) is 60.8 Å². The zero-order valence-corrected chi connectivity index (χ0v) is 47.3. The van der Waals surface area contributed by atoms with E-state index in [1.54, 1.807) is 25.2 Å². The Labute approximate surface area is 458 Å². The first kappa shape index (κ1) is 58.0. The van der Waals surface area contributed by atoms with Gasteiger partial charge in [-0.2, -0.15) is 16.8 Å². The highest BCUT2D eigenvalue weighted by Gasteiger charge is 2.65. The standard InChI is InChI=1S/C55H82O21S2/c1-10-11-28(2)12-15-51(5,57)50-30(4)20-39-38(71-50)26-46-55(9,74-39)49(56)48-42(70-46)24-41-47(72-48)29(3)13-16-53(7)44(69-41)27-43-54(8,76-53)17-14-31-32(68-43)21-34-33(65-31)22-35-36(66-34)23-40-37(67-35)25-45(75-78(61,62)63)52(6,73-40)18-19-64-77(58,59)60/h10,12,15,29,31-50,56-57H,1-2,4,11,13-14,16-27H2,3,5-9H3,(H,58,59,60)(H,61,62,63)/b15-12+/t29-,31+,32-,33-,34-,35+,36-,37-,38-,39+,40+,41+,42-,43+,44-,45+,46+,47-,48+,49-,50+,51-,52-,53+,54-,55-/m1/s1. The molecule has 0 aromatic heterocycles. The molecular weight excluding hydrogens is 1060 g/mol. The molecule has 11 saturated heterocycles. The molecule has 4 N–H and O–H groups in total. The third kappa shape index (κ3) is 11.2. The number of hydrogen-bond acceptors (Lipinski definition) is 19. The van der Waals surface area contributed by atoms with Crippen LogP contribution in [-0.2, 0) is 81.3 Å². The monoisotopic (exact) mass is 1140 g/mol. The van der Waals surface area contributed by atoms with Crippen LogP contribution in [0.3, 0.4) is 0 Å². The summed E-state index contributed by atoms with van der Waals surface area (Å²) < 4.78 is 151. The van der Waals surface area contributed by atoms with Crippen molar-refractivity contribution >= 4 is 20.8 Å². The smallest absolute Gasteiger partial charge is 0.387 e. The zero-order chi connectivity index (χ0) is 55.7. The van der Waals surface area contributed by atoms with E-state index in [2.05, 4.69) is 44.7 Å². The van der Waals surface area contributed by atoms with Crippen molar-refractivity contribution < 1.29 is 96.6 Å². The second-order valence-electron chi connectivity index (χ2n) is 25.5. The van der Waals surface area contributed by atoms with Crippen molar-refractivity contribution in [1.82, 2.24) is 0 Å². The Balaban J connectivity index is 0.749. The van der Waals surface area contributed by atoms with E-state index < -0.39 is 129 Å². The number of aliphatic hydroxyl groups is 2. The van der Waals surface area contributed by atoms with Gasteiger partial charge in [-0.25, -0.2) is 8.37 Å². The summed E-state index contributed by atoms with van der Waals surface area (Å²) in [5, 5.41) is 24.0. The molecule has 0 spiro atoms. The van der Waals surface area contributed by atoms with Crippen molar-refractivity contribution in [1.29, 1.82) is 0 Å². The van der Waals surface area contributed by atoms with Crippen molar-refractivity contribution in [2.75, 3.05) is 6.61 Å². The van der Waals surface area contributed by atoms with Gasteiger partial charge in [-0.15, -0.1) is 6.58 Å².